The van der Waals surface area contributed by atoms with E-state index in [4.69, 9.17) is 28.4 Å². The molecule has 0 radical (unpaired) electrons. The Morgan fingerprint density at radius 1 is 0.361 bits per heavy atom. The highest BCUT2D eigenvalue weighted by Crippen LogP contribution is 2.47. The second kappa shape index (κ2) is 11.0. The van der Waals surface area contributed by atoms with Crippen molar-refractivity contribution in [2.75, 3.05) is 42.7 Å². The third-order valence-corrected chi connectivity index (χ3v) is 6.05. The molecular weight excluding hydrogens is 456 g/mol. The second-order valence-corrected chi connectivity index (χ2v) is 7.98. The second-order valence-electron chi connectivity index (χ2n) is 7.98. The molecule has 0 heterocycles. The standard InChI is InChI=1S/C30H30O6/c1-31-23-15-25(33-3)29(26(16-23)34-4)21-12-20(19-10-8-7-9-11-19)13-22(14-21)30-27(35-5)17-24(32-2)18-28(30)36-6/h7-18H,1-6H3. The van der Waals surface area contributed by atoms with Crippen LogP contribution in [0.5, 0.6) is 34.5 Å². The van der Waals surface area contributed by atoms with Gasteiger partial charge in [-0.25, -0.2) is 0 Å². The molecule has 6 nitrogen and oxygen atoms in total. The van der Waals surface area contributed by atoms with Gasteiger partial charge in [0.1, 0.15) is 34.5 Å². The fourth-order valence-corrected chi connectivity index (χ4v) is 4.29. The average molecular weight is 487 g/mol. The topological polar surface area (TPSA) is 55.4 Å². The number of hydrogen-bond donors (Lipinski definition) is 0. The van der Waals surface area contributed by atoms with Gasteiger partial charge in [0.15, 0.2) is 0 Å². The molecule has 0 N–H and O–H groups in total. The highest BCUT2D eigenvalue weighted by molar-refractivity contribution is 5.89. The summed E-state index contributed by atoms with van der Waals surface area (Å²) in [5, 5.41) is 0. The zero-order valence-electron chi connectivity index (χ0n) is 21.4. The maximum Gasteiger partial charge on any atom is 0.134 e. The minimum Gasteiger partial charge on any atom is -0.496 e. The van der Waals surface area contributed by atoms with Gasteiger partial charge in [0.2, 0.25) is 0 Å². The van der Waals surface area contributed by atoms with Gasteiger partial charge in [0, 0.05) is 24.3 Å². The van der Waals surface area contributed by atoms with Gasteiger partial charge in [-0.15, -0.1) is 0 Å². The van der Waals surface area contributed by atoms with Crippen LogP contribution in [0.25, 0.3) is 33.4 Å². The molecule has 6 heteroatoms. The Hall–Kier alpha value is -4.32. The van der Waals surface area contributed by atoms with Crippen molar-refractivity contribution in [2.45, 2.75) is 0 Å². The SMILES string of the molecule is COc1cc(OC)c(-c2cc(-c3ccccc3)cc(-c3c(OC)cc(OC)cc3OC)c2)c(OC)c1. The van der Waals surface area contributed by atoms with Crippen LogP contribution in [-0.4, -0.2) is 42.7 Å². The molecule has 4 rings (SSSR count). The Morgan fingerprint density at radius 2 is 0.722 bits per heavy atom. The summed E-state index contributed by atoms with van der Waals surface area (Å²) in [5.74, 6) is 3.83. The Bertz CT molecular complexity index is 1220. The molecule has 4 aromatic rings. The number of hydrogen-bond acceptors (Lipinski definition) is 6. The van der Waals surface area contributed by atoms with Crippen molar-refractivity contribution in [3.05, 3.63) is 72.8 Å². The van der Waals surface area contributed by atoms with E-state index in [9.17, 15) is 0 Å². The molecule has 0 aliphatic rings. The summed E-state index contributed by atoms with van der Waals surface area (Å²) >= 11 is 0. The molecular formula is C30H30O6. The monoisotopic (exact) mass is 486 g/mol. The summed E-state index contributed by atoms with van der Waals surface area (Å²) in [4.78, 5) is 0. The molecule has 0 aromatic heterocycles. The third kappa shape index (κ3) is 4.75. The molecule has 0 aliphatic heterocycles. The Kier molecular flexibility index (Phi) is 7.54. The van der Waals surface area contributed by atoms with E-state index in [1.807, 2.05) is 42.5 Å². The lowest BCUT2D eigenvalue weighted by Crippen LogP contribution is -1.98. The van der Waals surface area contributed by atoms with Gasteiger partial charge >= 0.3 is 0 Å². The molecule has 0 bridgehead atoms. The minimum absolute atomic E-state index is 0.635. The van der Waals surface area contributed by atoms with Crippen LogP contribution in [0.3, 0.4) is 0 Å². The van der Waals surface area contributed by atoms with Crippen molar-refractivity contribution in [1.82, 2.24) is 0 Å². The Balaban J connectivity index is 2.06. The molecule has 0 unspecified atom stereocenters. The summed E-state index contributed by atoms with van der Waals surface area (Å²) in [5.41, 5.74) is 5.52. The lowest BCUT2D eigenvalue weighted by atomic mass is 9.91. The van der Waals surface area contributed by atoms with Crippen LogP contribution in [0.2, 0.25) is 0 Å². The first-order valence-corrected chi connectivity index (χ1v) is 11.4. The third-order valence-electron chi connectivity index (χ3n) is 6.05. The minimum atomic E-state index is 0.635. The number of benzene rings is 4. The van der Waals surface area contributed by atoms with Crippen molar-refractivity contribution < 1.29 is 28.4 Å². The number of methoxy groups -OCH3 is 6. The summed E-state index contributed by atoms with van der Waals surface area (Å²) in [6.07, 6.45) is 0. The first kappa shape index (κ1) is 24.8. The van der Waals surface area contributed by atoms with Crippen LogP contribution >= 0.6 is 0 Å². The largest absolute Gasteiger partial charge is 0.496 e. The maximum absolute atomic E-state index is 5.77. The number of rotatable bonds is 9. The van der Waals surface area contributed by atoms with Crippen LogP contribution in [0.4, 0.5) is 0 Å². The van der Waals surface area contributed by atoms with Gasteiger partial charge < -0.3 is 28.4 Å². The van der Waals surface area contributed by atoms with E-state index in [0.29, 0.717) is 34.5 Å². The zero-order valence-corrected chi connectivity index (χ0v) is 21.4. The van der Waals surface area contributed by atoms with Crippen molar-refractivity contribution in [3.63, 3.8) is 0 Å². The van der Waals surface area contributed by atoms with E-state index < -0.39 is 0 Å². The van der Waals surface area contributed by atoms with Crippen LogP contribution in [-0.2, 0) is 0 Å². The maximum atomic E-state index is 5.77. The fourth-order valence-electron chi connectivity index (χ4n) is 4.29. The lowest BCUT2D eigenvalue weighted by molar-refractivity contribution is 0.377. The van der Waals surface area contributed by atoms with E-state index in [-0.39, 0.29) is 0 Å². The van der Waals surface area contributed by atoms with Gasteiger partial charge in [-0.2, -0.15) is 0 Å². The van der Waals surface area contributed by atoms with Crippen LogP contribution in [0.15, 0.2) is 72.8 Å². The summed E-state index contributed by atoms with van der Waals surface area (Å²) in [6.45, 7) is 0. The van der Waals surface area contributed by atoms with Crippen LogP contribution in [0.1, 0.15) is 0 Å². The van der Waals surface area contributed by atoms with Crippen LogP contribution in [0, 0.1) is 0 Å². The van der Waals surface area contributed by atoms with E-state index in [1.54, 1.807) is 42.7 Å². The lowest BCUT2D eigenvalue weighted by Gasteiger charge is -2.19. The molecule has 0 fully saturated rings. The van der Waals surface area contributed by atoms with Gasteiger partial charge in [-0.1, -0.05) is 30.3 Å². The molecule has 0 amide bonds. The molecule has 4 aromatic carbocycles. The molecule has 0 aliphatic carbocycles. The molecule has 36 heavy (non-hydrogen) atoms. The first-order valence-electron chi connectivity index (χ1n) is 11.4. The Morgan fingerprint density at radius 3 is 1.06 bits per heavy atom. The van der Waals surface area contributed by atoms with Crippen molar-refractivity contribution >= 4 is 0 Å². The van der Waals surface area contributed by atoms with E-state index in [0.717, 1.165) is 33.4 Å². The molecule has 0 saturated carbocycles. The van der Waals surface area contributed by atoms with E-state index in [2.05, 4.69) is 30.3 Å². The van der Waals surface area contributed by atoms with Crippen molar-refractivity contribution in [2.24, 2.45) is 0 Å². The van der Waals surface area contributed by atoms with Crippen LogP contribution < -0.4 is 28.4 Å². The van der Waals surface area contributed by atoms with Crippen molar-refractivity contribution in [1.29, 1.82) is 0 Å². The van der Waals surface area contributed by atoms with Gasteiger partial charge in [0.25, 0.3) is 0 Å². The summed E-state index contributed by atoms with van der Waals surface area (Å²) in [7, 11) is 9.77. The van der Waals surface area contributed by atoms with Gasteiger partial charge in [-0.05, 0) is 40.5 Å². The van der Waals surface area contributed by atoms with Crippen molar-refractivity contribution in [3.8, 4) is 67.9 Å². The fraction of sp³-hybridized carbons (Fsp3) is 0.200. The smallest absolute Gasteiger partial charge is 0.134 e. The normalized spacial score (nSPS) is 10.5. The number of ether oxygens (including phenoxy) is 6. The Labute approximate surface area is 211 Å². The summed E-state index contributed by atoms with van der Waals surface area (Å²) in [6, 6.07) is 23.9. The zero-order chi connectivity index (χ0) is 25.7. The molecule has 0 atom stereocenters. The highest BCUT2D eigenvalue weighted by atomic mass is 16.5. The molecule has 0 saturated heterocycles. The van der Waals surface area contributed by atoms with Gasteiger partial charge in [0.05, 0.1) is 53.8 Å². The quantitative estimate of drug-likeness (QED) is 0.261. The predicted molar refractivity (Wildman–Crippen MR) is 142 cm³/mol. The first-order chi connectivity index (χ1) is 17.6. The highest BCUT2D eigenvalue weighted by Gasteiger charge is 2.21. The average Bonchev–Trinajstić information content (AvgIpc) is 2.95. The molecule has 186 valence electrons. The summed E-state index contributed by atoms with van der Waals surface area (Å²) < 4.78 is 34.0. The molecule has 0 spiro atoms. The van der Waals surface area contributed by atoms with E-state index in [1.165, 1.54) is 0 Å². The van der Waals surface area contributed by atoms with E-state index >= 15 is 0 Å². The predicted octanol–water partition coefficient (Wildman–Crippen LogP) is 6.74. The van der Waals surface area contributed by atoms with Gasteiger partial charge in [-0.3, -0.25) is 0 Å².